The number of carboxylic acid groups (broad SMARTS) is 1. The fraction of sp³-hybridized carbons (Fsp3) is 0.571. The van der Waals surface area contributed by atoms with E-state index < -0.39 is 17.4 Å². The number of nitrogens with zero attached hydrogens (tertiary/aromatic N) is 2. The van der Waals surface area contributed by atoms with Crippen LogP contribution < -0.4 is 5.32 Å². The third kappa shape index (κ3) is 3.93. The number of carboxylic acids is 1. The highest BCUT2D eigenvalue weighted by atomic mass is 32.2. The van der Waals surface area contributed by atoms with Crippen LogP contribution in [-0.4, -0.2) is 38.7 Å². The van der Waals surface area contributed by atoms with Gasteiger partial charge in [0.15, 0.2) is 0 Å². The van der Waals surface area contributed by atoms with Crippen LogP contribution in [0.25, 0.3) is 0 Å². The average molecular weight is 311 g/mol. The molecule has 0 aliphatic rings. The van der Waals surface area contributed by atoms with Crippen molar-refractivity contribution in [1.29, 1.82) is 0 Å². The minimum Gasteiger partial charge on any atom is -0.480 e. The van der Waals surface area contributed by atoms with Crippen LogP contribution in [0.15, 0.2) is 5.03 Å². The Bertz CT molecular complexity index is 563. The lowest BCUT2D eigenvalue weighted by atomic mass is 9.95. The zero-order valence-electron chi connectivity index (χ0n) is 13.0. The number of aliphatic carboxylic acids is 1. The van der Waals surface area contributed by atoms with Crippen LogP contribution in [0.4, 0.5) is 0 Å². The van der Waals surface area contributed by atoms with Crippen molar-refractivity contribution in [3.8, 4) is 0 Å². The molecule has 1 heterocycles. The number of nitrogens with one attached hydrogen (secondary N) is 1. The van der Waals surface area contributed by atoms with Crippen LogP contribution in [0.3, 0.4) is 0 Å². The maximum Gasteiger partial charge on any atom is 0.329 e. The van der Waals surface area contributed by atoms with Gasteiger partial charge in [0, 0.05) is 0 Å². The van der Waals surface area contributed by atoms with Gasteiger partial charge in [-0.2, -0.15) is 0 Å². The summed E-state index contributed by atoms with van der Waals surface area (Å²) in [4.78, 5) is 32.3. The summed E-state index contributed by atoms with van der Waals surface area (Å²) >= 11 is 1.34. The molecule has 1 unspecified atom stereocenters. The van der Waals surface area contributed by atoms with Crippen molar-refractivity contribution in [1.82, 2.24) is 15.3 Å². The Labute approximate surface area is 128 Å². The van der Waals surface area contributed by atoms with E-state index in [-0.39, 0.29) is 0 Å². The third-order valence-corrected chi connectivity index (χ3v) is 3.88. The van der Waals surface area contributed by atoms with Gasteiger partial charge in [-0.05, 0) is 33.4 Å². The maximum absolute atomic E-state index is 12.5. The molecule has 0 saturated carbocycles. The maximum atomic E-state index is 12.5. The van der Waals surface area contributed by atoms with Crippen molar-refractivity contribution in [3.05, 3.63) is 17.1 Å². The van der Waals surface area contributed by atoms with Gasteiger partial charge < -0.3 is 10.4 Å². The number of hydrogen-bond donors (Lipinski definition) is 2. The molecule has 21 heavy (non-hydrogen) atoms. The van der Waals surface area contributed by atoms with E-state index in [2.05, 4.69) is 15.3 Å². The Balaban J connectivity index is 3.17. The van der Waals surface area contributed by atoms with Gasteiger partial charge in [-0.25, -0.2) is 14.8 Å². The highest BCUT2D eigenvalue weighted by Gasteiger charge is 2.35. The zero-order chi connectivity index (χ0) is 16.2. The molecule has 0 saturated heterocycles. The van der Waals surface area contributed by atoms with Gasteiger partial charge >= 0.3 is 5.97 Å². The number of thioether (sulfide) groups is 1. The van der Waals surface area contributed by atoms with Crippen LogP contribution in [0.5, 0.6) is 0 Å². The summed E-state index contributed by atoms with van der Waals surface area (Å²) in [5.74, 6) is -0.910. The third-order valence-electron chi connectivity index (χ3n) is 3.20. The second-order valence-electron chi connectivity index (χ2n) is 5.08. The molecule has 0 radical (unpaired) electrons. The largest absolute Gasteiger partial charge is 0.480 e. The molecule has 1 aromatic heterocycles. The quantitative estimate of drug-likeness (QED) is 0.618. The first kappa shape index (κ1) is 17.4. The molecule has 6 nitrogen and oxygen atoms in total. The van der Waals surface area contributed by atoms with Crippen molar-refractivity contribution < 1.29 is 14.7 Å². The number of hydrogen-bond acceptors (Lipinski definition) is 5. The van der Waals surface area contributed by atoms with Crippen LogP contribution in [-0.2, 0) is 4.79 Å². The molecule has 1 amide bonds. The van der Waals surface area contributed by atoms with E-state index >= 15 is 0 Å². The summed E-state index contributed by atoms with van der Waals surface area (Å²) in [7, 11) is 0. The molecule has 7 heteroatoms. The van der Waals surface area contributed by atoms with E-state index in [0.29, 0.717) is 34.9 Å². The second-order valence-corrected chi connectivity index (χ2v) is 5.88. The summed E-state index contributed by atoms with van der Waals surface area (Å²) in [6, 6.07) is 0. The first-order valence-electron chi connectivity index (χ1n) is 6.70. The number of carbonyl (C=O) groups excluding carboxylic acids is 1. The molecule has 1 atom stereocenters. The number of aromatic nitrogens is 2. The predicted molar refractivity (Wildman–Crippen MR) is 81.7 cm³/mol. The van der Waals surface area contributed by atoms with E-state index in [1.807, 2.05) is 13.2 Å². The van der Waals surface area contributed by atoms with E-state index in [1.165, 1.54) is 18.7 Å². The van der Waals surface area contributed by atoms with Crippen molar-refractivity contribution in [3.63, 3.8) is 0 Å². The molecule has 0 aliphatic heterocycles. The number of carbonyl (C=O) groups is 2. The Kier molecular flexibility index (Phi) is 5.71. The Morgan fingerprint density at radius 2 is 1.95 bits per heavy atom. The van der Waals surface area contributed by atoms with Crippen molar-refractivity contribution >= 4 is 23.6 Å². The molecule has 0 aliphatic carbocycles. The topological polar surface area (TPSA) is 92.2 Å². The summed E-state index contributed by atoms with van der Waals surface area (Å²) in [6.07, 6.45) is 2.83. The number of aryl methyl sites for hydroxylation is 2. The van der Waals surface area contributed by atoms with Crippen molar-refractivity contribution in [2.75, 3.05) is 6.26 Å². The highest BCUT2D eigenvalue weighted by molar-refractivity contribution is 7.98. The van der Waals surface area contributed by atoms with Gasteiger partial charge in [0.1, 0.15) is 16.4 Å². The highest BCUT2D eigenvalue weighted by Crippen LogP contribution is 2.22. The van der Waals surface area contributed by atoms with Crippen molar-refractivity contribution in [2.45, 2.75) is 51.1 Å². The fourth-order valence-corrected chi connectivity index (χ4v) is 2.79. The van der Waals surface area contributed by atoms with Crippen LogP contribution in [0.2, 0.25) is 0 Å². The molecular weight excluding hydrogens is 290 g/mol. The SMILES string of the molecule is CCCC(C)(NC(=O)c1c(C)nc(C)nc1SC)C(=O)O. The molecule has 2 N–H and O–H groups in total. The summed E-state index contributed by atoms with van der Waals surface area (Å²) in [5, 5.41) is 12.5. The van der Waals surface area contributed by atoms with Crippen LogP contribution in [0.1, 0.15) is 48.6 Å². The zero-order valence-corrected chi connectivity index (χ0v) is 13.8. The van der Waals surface area contributed by atoms with E-state index in [1.54, 1.807) is 13.8 Å². The first-order valence-corrected chi connectivity index (χ1v) is 7.92. The van der Waals surface area contributed by atoms with Gasteiger partial charge in [-0.3, -0.25) is 4.79 Å². The van der Waals surface area contributed by atoms with E-state index in [0.717, 1.165) is 0 Å². The molecule has 0 spiro atoms. The van der Waals surface area contributed by atoms with E-state index in [4.69, 9.17) is 0 Å². The van der Waals surface area contributed by atoms with Gasteiger partial charge in [-0.15, -0.1) is 11.8 Å². The normalized spacial score (nSPS) is 13.6. The lowest BCUT2D eigenvalue weighted by Gasteiger charge is -2.26. The molecule has 0 fully saturated rings. The van der Waals surface area contributed by atoms with Crippen molar-refractivity contribution in [2.24, 2.45) is 0 Å². The molecule has 0 aromatic carbocycles. The molecule has 1 aromatic rings. The minimum absolute atomic E-state index is 0.344. The number of rotatable bonds is 6. The average Bonchev–Trinajstić information content (AvgIpc) is 2.37. The lowest BCUT2D eigenvalue weighted by molar-refractivity contribution is -0.144. The summed E-state index contributed by atoms with van der Waals surface area (Å²) < 4.78 is 0. The Morgan fingerprint density at radius 3 is 2.43 bits per heavy atom. The summed E-state index contributed by atoms with van der Waals surface area (Å²) in [6.45, 7) is 6.87. The van der Waals surface area contributed by atoms with Crippen LogP contribution >= 0.6 is 11.8 Å². The summed E-state index contributed by atoms with van der Waals surface area (Å²) in [5.41, 5.74) is -0.399. The van der Waals surface area contributed by atoms with E-state index in [9.17, 15) is 14.7 Å². The predicted octanol–water partition coefficient (Wildman–Crippen LogP) is 2.19. The van der Waals surface area contributed by atoms with Gasteiger partial charge in [0.25, 0.3) is 5.91 Å². The Hall–Kier alpha value is -1.63. The lowest BCUT2D eigenvalue weighted by Crippen LogP contribution is -2.52. The second kappa shape index (κ2) is 6.89. The Morgan fingerprint density at radius 1 is 1.33 bits per heavy atom. The minimum atomic E-state index is -1.29. The van der Waals surface area contributed by atoms with Gasteiger partial charge in [0.05, 0.1) is 11.3 Å². The van der Waals surface area contributed by atoms with Gasteiger partial charge in [0.2, 0.25) is 0 Å². The first-order chi connectivity index (χ1) is 9.75. The van der Waals surface area contributed by atoms with Crippen LogP contribution in [0, 0.1) is 13.8 Å². The van der Waals surface area contributed by atoms with Gasteiger partial charge in [-0.1, -0.05) is 13.3 Å². The molecule has 1 rings (SSSR count). The fourth-order valence-electron chi connectivity index (χ4n) is 2.13. The molecule has 0 bridgehead atoms. The molecular formula is C14H21N3O3S. The number of amides is 1. The standard InChI is InChI=1S/C14H21N3O3S/c1-6-7-14(4,13(19)20)17-11(18)10-8(2)15-9(3)16-12(10)21-5/h6-7H2,1-5H3,(H,17,18)(H,19,20). The molecule has 116 valence electrons. The monoisotopic (exact) mass is 311 g/mol. The smallest absolute Gasteiger partial charge is 0.329 e.